The zero-order chi connectivity index (χ0) is 17.6. The van der Waals surface area contributed by atoms with Crippen LogP contribution < -0.4 is 0 Å². The fourth-order valence-corrected chi connectivity index (χ4v) is 3.48. The van der Waals surface area contributed by atoms with Crippen molar-refractivity contribution in [3.8, 4) is 0 Å². The molecule has 0 radical (unpaired) electrons. The predicted octanol–water partition coefficient (Wildman–Crippen LogP) is 4.13. The van der Waals surface area contributed by atoms with E-state index in [2.05, 4.69) is 31.1 Å². The Hall–Kier alpha value is -2.12. The summed E-state index contributed by atoms with van der Waals surface area (Å²) in [6.45, 7) is 0.559. The van der Waals surface area contributed by atoms with Crippen LogP contribution in [0.1, 0.15) is 21.5 Å². The molecule has 25 heavy (non-hydrogen) atoms. The highest BCUT2D eigenvalue weighted by Gasteiger charge is 2.13. The number of H-pyrrole nitrogens is 1. The van der Waals surface area contributed by atoms with Crippen molar-refractivity contribution in [1.29, 1.82) is 0 Å². The first-order chi connectivity index (χ1) is 12.1. The summed E-state index contributed by atoms with van der Waals surface area (Å²) >= 11 is 5.10. The van der Waals surface area contributed by atoms with Crippen LogP contribution in [0.15, 0.2) is 64.5 Å². The molecule has 0 aliphatic heterocycles. The topological polar surface area (TPSA) is 61.9 Å². The van der Waals surface area contributed by atoms with E-state index < -0.39 is 0 Å². The normalized spacial score (nSPS) is 10.6. The number of benzene rings is 2. The predicted molar refractivity (Wildman–Crippen MR) is 102 cm³/mol. The second-order valence-electron chi connectivity index (χ2n) is 5.53. The largest absolute Gasteiger partial charge is 0.337 e. The van der Waals surface area contributed by atoms with Crippen molar-refractivity contribution in [3.05, 3.63) is 76.0 Å². The van der Waals surface area contributed by atoms with Gasteiger partial charge in [0.2, 0.25) is 0 Å². The lowest BCUT2D eigenvalue weighted by molar-refractivity contribution is 0.0785. The molecule has 0 aliphatic carbocycles. The molecule has 0 saturated heterocycles. The van der Waals surface area contributed by atoms with Gasteiger partial charge in [0.25, 0.3) is 5.91 Å². The summed E-state index contributed by atoms with van der Waals surface area (Å²) in [6, 6.07) is 15.6. The minimum atomic E-state index is 0.00481. The van der Waals surface area contributed by atoms with Gasteiger partial charge in [-0.15, -0.1) is 0 Å². The van der Waals surface area contributed by atoms with Crippen LogP contribution in [0.5, 0.6) is 0 Å². The number of halogens is 1. The third kappa shape index (κ3) is 4.70. The van der Waals surface area contributed by atoms with Crippen molar-refractivity contribution in [2.75, 3.05) is 7.05 Å². The lowest BCUT2D eigenvalue weighted by Gasteiger charge is -2.18. The number of nitrogens with zero attached hydrogens (tertiary/aromatic N) is 3. The lowest BCUT2D eigenvalue weighted by Crippen LogP contribution is -2.26. The molecule has 0 bridgehead atoms. The van der Waals surface area contributed by atoms with Gasteiger partial charge in [-0.1, -0.05) is 58.0 Å². The molecule has 0 spiro atoms. The van der Waals surface area contributed by atoms with Crippen molar-refractivity contribution in [2.24, 2.45) is 0 Å². The zero-order valence-corrected chi connectivity index (χ0v) is 16.0. The Morgan fingerprint density at radius 2 is 1.96 bits per heavy atom. The molecule has 0 aliphatic rings. The second-order valence-corrected chi connectivity index (χ2v) is 7.35. The van der Waals surface area contributed by atoms with Crippen molar-refractivity contribution < 1.29 is 4.79 Å². The monoisotopic (exact) mass is 416 g/mol. The third-order valence-corrected chi connectivity index (χ3v) is 5.40. The maximum Gasteiger partial charge on any atom is 0.253 e. The number of aromatic amines is 1. The molecule has 2 aromatic carbocycles. The fourth-order valence-electron chi connectivity index (χ4n) is 2.33. The van der Waals surface area contributed by atoms with Gasteiger partial charge in [0.05, 0.1) is 0 Å². The number of carbonyl (C=O) groups excluding carboxylic acids is 1. The highest BCUT2D eigenvalue weighted by molar-refractivity contribution is 9.10. The number of nitrogens with one attached hydrogen (secondary N) is 1. The summed E-state index contributed by atoms with van der Waals surface area (Å²) in [5.41, 5.74) is 2.90. The summed E-state index contributed by atoms with van der Waals surface area (Å²) in [6.07, 6.45) is 1.49. The molecule has 0 saturated carbocycles. The molecule has 1 heterocycles. The minimum Gasteiger partial charge on any atom is -0.337 e. The molecular weight excluding hydrogens is 400 g/mol. The average Bonchev–Trinajstić information content (AvgIpc) is 3.15. The molecular formula is C18H17BrN4OS. The second kappa shape index (κ2) is 8.31. The Kier molecular flexibility index (Phi) is 5.88. The Balaban J connectivity index is 1.61. The molecule has 1 amide bonds. The van der Waals surface area contributed by atoms with Crippen molar-refractivity contribution >= 4 is 33.6 Å². The molecule has 128 valence electrons. The first-order valence-electron chi connectivity index (χ1n) is 7.69. The number of aromatic nitrogens is 3. The number of hydrogen-bond donors (Lipinski definition) is 1. The molecule has 1 aromatic heterocycles. The standard InChI is InChI=1S/C18H17BrN4OS/c1-23(10-15-4-2-3-5-16(15)19)17(24)14-8-6-13(7-9-14)11-25-18-20-12-21-22-18/h2-9,12H,10-11H2,1H3,(H,20,21,22). The van der Waals surface area contributed by atoms with Crippen molar-refractivity contribution in [2.45, 2.75) is 17.5 Å². The van der Waals surface area contributed by atoms with Crippen molar-refractivity contribution in [1.82, 2.24) is 20.1 Å². The van der Waals surface area contributed by atoms with E-state index in [0.717, 1.165) is 26.5 Å². The zero-order valence-electron chi connectivity index (χ0n) is 13.6. The summed E-state index contributed by atoms with van der Waals surface area (Å²) in [5, 5.41) is 7.42. The van der Waals surface area contributed by atoms with Gasteiger partial charge < -0.3 is 4.90 Å². The summed E-state index contributed by atoms with van der Waals surface area (Å²) < 4.78 is 1.01. The maximum atomic E-state index is 12.6. The first-order valence-corrected chi connectivity index (χ1v) is 9.47. The lowest BCUT2D eigenvalue weighted by atomic mass is 10.1. The van der Waals surface area contributed by atoms with Crippen LogP contribution in [0.2, 0.25) is 0 Å². The molecule has 0 unspecified atom stereocenters. The van der Waals surface area contributed by atoms with Gasteiger partial charge >= 0.3 is 0 Å². The molecule has 3 aromatic rings. The van der Waals surface area contributed by atoms with Gasteiger partial charge in [0, 0.05) is 29.4 Å². The smallest absolute Gasteiger partial charge is 0.253 e. The summed E-state index contributed by atoms with van der Waals surface area (Å²) in [7, 11) is 1.81. The average molecular weight is 417 g/mol. The summed E-state index contributed by atoms with van der Waals surface area (Å²) in [4.78, 5) is 18.4. The van der Waals surface area contributed by atoms with Gasteiger partial charge in [-0.05, 0) is 29.3 Å². The Morgan fingerprint density at radius 1 is 1.20 bits per heavy atom. The Labute approximate surface area is 159 Å². The molecule has 5 nitrogen and oxygen atoms in total. The van der Waals surface area contributed by atoms with Crippen LogP contribution in [0.25, 0.3) is 0 Å². The Morgan fingerprint density at radius 3 is 2.64 bits per heavy atom. The SMILES string of the molecule is CN(Cc1ccccc1Br)C(=O)c1ccc(CSc2ncn[nH]2)cc1. The van der Waals surface area contributed by atoms with E-state index in [1.54, 1.807) is 16.7 Å². The molecule has 7 heteroatoms. The van der Waals surface area contributed by atoms with Crippen molar-refractivity contribution in [3.63, 3.8) is 0 Å². The molecule has 0 atom stereocenters. The Bertz CT molecular complexity index is 837. The number of rotatable bonds is 6. The van der Waals surface area contributed by atoms with Gasteiger partial charge in [-0.25, -0.2) is 4.98 Å². The van der Waals surface area contributed by atoms with Crippen LogP contribution >= 0.6 is 27.7 Å². The highest BCUT2D eigenvalue weighted by Crippen LogP contribution is 2.20. The number of hydrogen-bond acceptors (Lipinski definition) is 4. The molecule has 0 fully saturated rings. The van der Waals surface area contributed by atoms with E-state index in [1.807, 2.05) is 55.6 Å². The van der Waals surface area contributed by atoms with E-state index in [4.69, 9.17) is 0 Å². The number of carbonyl (C=O) groups is 1. The number of thioether (sulfide) groups is 1. The van der Waals surface area contributed by atoms with E-state index in [1.165, 1.54) is 6.33 Å². The van der Waals surface area contributed by atoms with E-state index in [9.17, 15) is 4.79 Å². The quantitative estimate of drug-likeness (QED) is 0.613. The van der Waals surface area contributed by atoms with Gasteiger partial charge in [0.15, 0.2) is 5.16 Å². The van der Waals surface area contributed by atoms with Crippen LogP contribution in [-0.4, -0.2) is 33.0 Å². The van der Waals surface area contributed by atoms with E-state index in [0.29, 0.717) is 12.1 Å². The first kappa shape index (κ1) is 17.7. The van der Waals surface area contributed by atoms with Crippen LogP contribution in [0.4, 0.5) is 0 Å². The minimum absolute atomic E-state index is 0.00481. The van der Waals surface area contributed by atoms with Gasteiger partial charge in [-0.2, -0.15) is 5.10 Å². The van der Waals surface area contributed by atoms with Crippen LogP contribution in [0, 0.1) is 0 Å². The third-order valence-electron chi connectivity index (χ3n) is 3.68. The fraction of sp³-hybridized carbons (Fsp3) is 0.167. The molecule has 3 rings (SSSR count). The van der Waals surface area contributed by atoms with Crippen LogP contribution in [0.3, 0.4) is 0 Å². The maximum absolute atomic E-state index is 12.6. The molecule has 1 N–H and O–H groups in total. The number of amides is 1. The highest BCUT2D eigenvalue weighted by atomic mass is 79.9. The van der Waals surface area contributed by atoms with Gasteiger partial charge in [-0.3, -0.25) is 9.89 Å². The van der Waals surface area contributed by atoms with Crippen LogP contribution in [-0.2, 0) is 12.3 Å². The van der Waals surface area contributed by atoms with E-state index >= 15 is 0 Å². The summed E-state index contributed by atoms with van der Waals surface area (Å²) in [5.74, 6) is 0.779. The van der Waals surface area contributed by atoms with E-state index in [-0.39, 0.29) is 5.91 Å². The van der Waals surface area contributed by atoms with Gasteiger partial charge in [0.1, 0.15) is 6.33 Å².